The summed E-state index contributed by atoms with van der Waals surface area (Å²) in [6, 6.07) is 11.2. The van der Waals surface area contributed by atoms with Gasteiger partial charge < -0.3 is 5.32 Å². The lowest BCUT2D eigenvalue weighted by Gasteiger charge is -2.20. The van der Waals surface area contributed by atoms with Crippen molar-refractivity contribution >= 4 is 29.0 Å². The number of rotatable bonds is 3. The molecule has 0 amide bonds. The van der Waals surface area contributed by atoms with E-state index < -0.39 is 0 Å². The molecule has 21 heavy (non-hydrogen) atoms. The van der Waals surface area contributed by atoms with Crippen LogP contribution in [0.5, 0.6) is 0 Å². The minimum Gasteiger partial charge on any atom is -0.312 e. The molecule has 2 aromatic rings. The molecule has 0 aliphatic carbocycles. The van der Waals surface area contributed by atoms with Crippen LogP contribution in [0.15, 0.2) is 36.4 Å². The first kappa shape index (κ1) is 14.6. The first-order valence-corrected chi connectivity index (χ1v) is 7.70. The molecular formula is C17H15Cl2NO. The highest BCUT2D eigenvalue weighted by Gasteiger charge is 2.19. The predicted octanol–water partition coefficient (Wildman–Crippen LogP) is 4.06. The molecule has 0 unspecified atom stereocenters. The molecule has 0 saturated heterocycles. The zero-order chi connectivity index (χ0) is 14.8. The Bertz CT molecular complexity index is 677. The van der Waals surface area contributed by atoms with Crippen LogP contribution in [0.4, 0.5) is 0 Å². The number of benzene rings is 2. The van der Waals surface area contributed by atoms with Crippen LogP contribution in [-0.2, 0) is 19.4 Å². The summed E-state index contributed by atoms with van der Waals surface area (Å²) < 4.78 is 0. The Morgan fingerprint density at radius 1 is 1.10 bits per heavy atom. The van der Waals surface area contributed by atoms with E-state index in [1.807, 2.05) is 12.1 Å². The van der Waals surface area contributed by atoms with Crippen LogP contribution in [-0.4, -0.2) is 12.3 Å². The van der Waals surface area contributed by atoms with E-state index in [1.165, 1.54) is 5.56 Å². The van der Waals surface area contributed by atoms with Gasteiger partial charge in [0.15, 0.2) is 5.78 Å². The molecule has 108 valence electrons. The van der Waals surface area contributed by atoms with Gasteiger partial charge in [-0.25, -0.2) is 0 Å². The molecule has 0 spiro atoms. The topological polar surface area (TPSA) is 29.1 Å². The molecule has 1 heterocycles. The van der Waals surface area contributed by atoms with E-state index in [0.717, 1.165) is 30.6 Å². The lowest BCUT2D eigenvalue weighted by Crippen LogP contribution is -2.25. The van der Waals surface area contributed by atoms with Crippen molar-refractivity contribution in [1.29, 1.82) is 0 Å². The van der Waals surface area contributed by atoms with Gasteiger partial charge in [0.25, 0.3) is 0 Å². The smallest absolute Gasteiger partial charge is 0.167 e. The third-order valence-corrected chi connectivity index (χ3v) is 4.55. The van der Waals surface area contributed by atoms with E-state index in [2.05, 4.69) is 11.4 Å². The van der Waals surface area contributed by atoms with E-state index in [1.54, 1.807) is 18.2 Å². The fourth-order valence-electron chi connectivity index (χ4n) is 2.75. The molecule has 0 bridgehead atoms. The highest BCUT2D eigenvalue weighted by molar-refractivity contribution is 6.36. The Hall–Kier alpha value is -1.35. The fourth-order valence-corrected chi connectivity index (χ4v) is 3.28. The number of carbonyl (C=O) groups is 1. The maximum atomic E-state index is 12.7. The maximum absolute atomic E-state index is 12.7. The molecular weight excluding hydrogens is 305 g/mol. The Labute approximate surface area is 134 Å². The largest absolute Gasteiger partial charge is 0.312 e. The summed E-state index contributed by atoms with van der Waals surface area (Å²) in [5.41, 5.74) is 3.86. The van der Waals surface area contributed by atoms with Gasteiger partial charge in [-0.1, -0.05) is 47.5 Å². The summed E-state index contributed by atoms with van der Waals surface area (Å²) in [6.07, 6.45) is 1.12. The third kappa shape index (κ3) is 2.98. The van der Waals surface area contributed by atoms with Crippen LogP contribution in [0.1, 0.15) is 27.0 Å². The van der Waals surface area contributed by atoms with Gasteiger partial charge in [0.2, 0.25) is 0 Å². The molecule has 1 N–H and O–H groups in total. The van der Waals surface area contributed by atoms with Crippen molar-refractivity contribution in [1.82, 2.24) is 5.32 Å². The van der Waals surface area contributed by atoms with E-state index in [0.29, 0.717) is 15.6 Å². The van der Waals surface area contributed by atoms with Gasteiger partial charge in [-0.15, -0.1) is 0 Å². The zero-order valence-electron chi connectivity index (χ0n) is 11.5. The number of Topliss-reactive ketones (excluding diaryl/α,β-unsaturated/α-hetero) is 1. The number of hydrogen-bond donors (Lipinski definition) is 1. The van der Waals surface area contributed by atoms with Crippen LogP contribution < -0.4 is 5.32 Å². The summed E-state index contributed by atoms with van der Waals surface area (Å²) in [5, 5.41) is 4.41. The molecule has 2 aromatic carbocycles. The Morgan fingerprint density at radius 3 is 2.57 bits per heavy atom. The quantitative estimate of drug-likeness (QED) is 0.864. The maximum Gasteiger partial charge on any atom is 0.167 e. The van der Waals surface area contributed by atoms with Gasteiger partial charge in [0.05, 0.1) is 0 Å². The molecule has 1 aliphatic heterocycles. The van der Waals surface area contributed by atoms with Crippen molar-refractivity contribution in [2.24, 2.45) is 0 Å². The number of halogens is 2. The summed E-state index contributed by atoms with van der Waals surface area (Å²) in [4.78, 5) is 12.7. The van der Waals surface area contributed by atoms with Crippen molar-refractivity contribution < 1.29 is 4.79 Å². The van der Waals surface area contributed by atoms with Gasteiger partial charge in [0.1, 0.15) is 0 Å². The lowest BCUT2D eigenvalue weighted by atomic mass is 9.91. The van der Waals surface area contributed by atoms with E-state index in [9.17, 15) is 4.79 Å². The van der Waals surface area contributed by atoms with Crippen molar-refractivity contribution in [2.45, 2.75) is 19.4 Å². The summed E-state index contributed by atoms with van der Waals surface area (Å²) >= 11 is 12.3. The molecule has 2 nitrogen and oxygen atoms in total. The normalized spacial score (nSPS) is 13.8. The zero-order valence-corrected chi connectivity index (χ0v) is 13.0. The van der Waals surface area contributed by atoms with Crippen LogP contribution in [0.25, 0.3) is 0 Å². The highest BCUT2D eigenvalue weighted by Crippen LogP contribution is 2.27. The van der Waals surface area contributed by atoms with Crippen molar-refractivity contribution in [2.75, 3.05) is 6.54 Å². The first-order valence-electron chi connectivity index (χ1n) is 6.94. The average Bonchev–Trinajstić information content (AvgIpc) is 2.50. The van der Waals surface area contributed by atoms with Crippen LogP contribution >= 0.6 is 23.2 Å². The van der Waals surface area contributed by atoms with E-state index in [4.69, 9.17) is 23.2 Å². The lowest BCUT2D eigenvalue weighted by molar-refractivity contribution is 0.0992. The first-order chi connectivity index (χ1) is 10.2. The van der Waals surface area contributed by atoms with Crippen LogP contribution in [0.3, 0.4) is 0 Å². The summed E-state index contributed by atoms with van der Waals surface area (Å²) in [6.45, 7) is 1.73. The highest BCUT2D eigenvalue weighted by atomic mass is 35.5. The monoisotopic (exact) mass is 319 g/mol. The second kappa shape index (κ2) is 6.18. The minimum absolute atomic E-state index is 0.0729. The van der Waals surface area contributed by atoms with Crippen LogP contribution in [0, 0.1) is 0 Å². The van der Waals surface area contributed by atoms with Gasteiger partial charge in [-0.2, -0.15) is 0 Å². The van der Waals surface area contributed by atoms with Gasteiger partial charge in [-0.05, 0) is 41.8 Å². The van der Waals surface area contributed by atoms with Crippen molar-refractivity contribution in [3.05, 3.63) is 68.7 Å². The van der Waals surface area contributed by atoms with Crippen LogP contribution in [0.2, 0.25) is 10.0 Å². The molecule has 1 aliphatic rings. The average molecular weight is 320 g/mol. The second-order valence-corrected chi connectivity index (χ2v) is 5.98. The van der Waals surface area contributed by atoms with Crippen molar-refractivity contribution in [3.63, 3.8) is 0 Å². The molecule has 3 rings (SSSR count). The number of ketones is 1. The number of carbonyl (C=O) groups excluding carboxylic acids is 1. The van der Waals surface area contributed by atoms with Gasteiger partial charge in [0, 0.05) is 28.6 Å². The molecule has 4 heteroatoms. The number of fused-ring (bicyclic) bond motifs is 1. The molecule has 0 radical (unpaired) electrons. The Kier molecular flexibility index (Phi) is 4.29. The molecule has 0 aromatic heterocycles. The standard InChI is InChI=1S/C17H15Cl2NO/c18-15-5-2-6-16(19)14(15)9-17(21)13-4-1-3-11-10-20-8-7-12(11)13/h1-6,20H,7-10H2. The summed E-state index contributed by atoms with van der Waals surface area (Å²) in [7, 11) is 0. The summed E-state index contributed by atoms with van der Waals surface area (Å²) in [5.74, 6) is 0.0729. The molecule has 0 fully saturated rings. The second-order valence-electron chi connectivity index (χ2n) is 5.17. The van der Waals surface area contributed by atoms with E-state index in [-0.39, 0.29) is 12.2 Å². The third-order valence-electron chi connectivity index (χ3n) is 3.84. The van der Waals surface area contributed by atoms with Gasteiger partial charge >= 0.3 is 0 Å². The minimum atomic E-state index is 0.0729. The predicted molar refractivity (Wildman–Crippen MR) is 86.3 cm³/mol. The Morgan fingerprint density at radius 2 is 1.81 bits per heavy atom. The Balaban J connectivity index is 1.93. The SMILES string of the molecule is O=C(Cc1c(Cl)cccc1Cl)c1cccc2c1CCNC2. The van der Waals surface area contributed by atoms with Gasteiger partial charge in [-0.3, -0.25) is 4.79 Å². The number of hydrogen-bond acceptors (Lipinski definition) is 2. The fraction of sp³-hybridized carbons (Fsp3) is 0.235. The molecule has 0 atom stereocenters. The van der Waals surface area contributed by atoms with Crippen molar-refractivity contribution in [3.8, 4) is 0 Å². The van der Waals surface area contributed by atoms with E-state index >= 15 is 0 Å². The molecule has 0 saturated carbocycles. The number of nitrogens with one attached hydrogen (secondary N) is 1.